The number of ether oxygens (including phenoxy) is 1. The van der Waals surface area contributed by atoms with E-state index in [1.165, 1.54) is 43.0 Å². The van der Waals surface area contributed by atoms with E-state index in [0.29, 0.717) is 16.5 Å². The summed E-state index contributed by atoms with van der Waals surface area (Å²) in [6.07, 6.45) is -0.847. The van der Waals surface area contributed by atoms with Crippen LogP contribution in [-0.4, -0.2) is 23.7 Å². The minimum absolute atomic E-state index is 0.181. The maximum absolute atomic E-state index is 12.8. The smallest absolute Gasteiger partial charge is 0.279 e. The Kier molecular flexibility index (Phi) is 7.74. The van der Waals surface area contributed by atoms with Crippen LogP contribution in [0.3, 0.4) is 0 Å². The highest BCUT2D eigenvalue weighted by molar-refractivity contribution is 7.99. The number of carbonyl (C=O) groups excluding carboxylic acids is 2. The molecule has 2 amide bonds. The maximum atomic E-state index is 12.8. The predicted molar refractivity (Wildman–Crippen MR) is 100 cm³/mol. The summed E-state index contributed by atoms with van der Waals surface area (Å²) in [5.41, 5.74) is 5.64. The van der Waals surface area contributed by atoms with Crippen molar-refractivity contribution in [2.45, 2.75) is 18.8 Å². The van der Waals surface area contributed by atoms with Crippen LogP contribution in [0, 0.1) is 5.82 Å². The van der Waals surface area contributed by atoms with Crippen molar-refractivity contribution >= 4 is 35.2 Å². The van der Waals surface area contributed by atoms with Gasteiger partial charge in [0.15, 0.2) is 6.10 Å². The number of hydrogen-bond acceptors (Lipinski definition) is 4. The summed E-state index contributed by atoms with van der Waals surface area (Å²) in [6, 6.07) is 12.7. The number of benzene rings is 2. The molecule has 0 aromatic heterocycles. The molecule has 2 aromatic rings. The van der Waals surface area contributed by atoms with Crippen LogP contribution in [0.25, 0.3) is 0 Å². The van der Waals surface area contributed by atoms with Crippen LogP contribution in [0.5, 0.6) is 5.75 Å². The Morgan fingerprint density at radius 1 is 1.19 bits per heavy atom. The molecular formula is C18H18ClFN2O3S. The second-order valence-electron chi connectivity index (χ2n) is 5.37. The number of hydrazine groups is 1. The Hall–Kier alpha value is -2.25. The molecule has 0 bridgehead atoms. The molecule has 138 valence electrons. The molecular weight excluding hydrogens is 379 g/mol. The quantitative estimate of drug-likeness (QED) is 0.704. The van der Waals surface area contributed by atoms with Crippen LogP contribution >= 0.6 is 23.4 Å². The molecule has 2 aromatic carbocycles. The second-order valence-corrected chi connectivity index (χ2v) is 6.80. The highest BCUT2D eigenvalue weighted by atomic mass is 35.5. The van der Waals surface area contributed by atoms with Crippen molar-refractivity contribution in [3.05, 3.63) is 64.9 Å². The summed E-state index contributed by atoms with van der Waals surface area (Å²) in [4.78, 5) is 23.7. The van der Waals surface area contributed by atoms with E-state index in [1.54, 1.807) is 6.07 Å². The predicted octanol–water partition coefficient (Wildman–Crippen LogP) is 3.33. The SMILES string of the molecule is C[C@H](Oc1ccc(F)cc1)C(=O)NNC(=O)CSCc1cccc(Cl)c1. The van der Waals surface area contributed by atoms with Crippen LogP contribution in [0.2, 0.25) is 5.02 Å². The number of thioether (sulfide) groups is 1. The number of rotatable bonds is 7. The van der Waals surface area contributed by atoms with Crippen LogP contribution < -0.4 is 15.6 Å². The van der Waals surface area contributed by atoms with E-state index in [2.05, 4.69) is 10.9 Å². The van der Waals surface area contributed by atoms with Gasteiger partial charge in [-0.15, -0.1) is 11.8 Å². The van der Waals surface area contributed by atoms with Gasteiger partial charge in [-0.05, 0) is 48.9 Å². The van der Waals surface area contributed by atoms with E-state index in [-0.39, 0.29) is 11.7 Å². The first-order chi connectivity index (χ1) is 12.4. The fraction of sp³-hybridized carbons (Fsp3) is 0.222. The third-order valence-corrected chi connectivity index (χ3v) is 4.45. The fourth-order valence-electron chi connectivity index (χ4n) is 1.93. The van der Waals surface area contributed by atoms with Crippen LogP contribution in [0.1, 0.15) is 12.5 Å². The number of carbonyl (C=O) groups is 2. The van der Waals surface area contributed by atoms with Crippen LogP contribution in [0.15, 0.2) is 48.5 Å². The Balaban J connectivity index is 1.67. The zero-order chi connectivity index (χ0) is 18.9. The Labute approximate surface area is 160 Å². The molecule has 0 spiro atoms. The lowest BCUT2D eigenvalue weighted by atomic mass is 10.2. The largest absolute Gasteiger partial charge is 0.481 e. The molecule has 0 unspecified atom stereocenters. The molecule has 1 atom stereocenters. The number of halogens is 2. The Morgan fingerprint density at radius 3 is 2.62 bits per heavy atom. The van der Waals surface area contributed by atoms with E-state index in [9.17, 15) is 14.0 Å². The fourth-order valence-corrected chi connectivity index (χ4v) is 2.92. The third-order valence-electron chi connectivity index (χ3n) is 3.21. The van der Waals surface area contributed by atoms with Gasteiger partial charge in [-0.1, -0.05) is 23.7 Å². The lowest BCUT2D eigenvalue weighted by molar-refractivity contribution is -0.131. The summed E-state index contributed by atoms with van der Waals surface area (Å²) in [5.74, 6) is -0.0669. The number of amides is 2. The van der Waals surface area contributed by atoms with Crippen molar-refractivity contribution in [1.82, 2.24) is 10.9 Å². The molecule has 0 aliphatic heterocycles. The first kappa shape index (κ1) is 20.1. The highest BCUT2D eigenvalue weighted by Gasteiger charge is 2.15. The van der Waals surface area contributed by atoms with Crippen LogP contribution in [0.4, 0.5) is 4.39 Å². The van der Waals surface area contributed by atoms with Crippen molar-refractivity contribution in [1.29, 1.82) is 0 Å². The van der Waals surface area contributed by atoms with Crippen molar-refractivity contribution in [2.24, 2.45) is 0 Å². The standard InChI is InChI=1S/C18H18ClFN2O3S/c1-12(25-16-7-5-15(20)6-8-16)18(24)22-21-17(23)11-26-10-13-3-2-4-14(19)9-13/h2-9,12H,10-11H2,1H3,(H,21,23)(H,22,24)/t12-/m0/s1. The molecule has 0 saturated heterocycles. The van der Waals surface area contributed by atoms with Gasteiger partial charge in [-0.2, -0.15) is 0 Å². The van der Waals surface area contributed by atoms with Gasteiger partial charge in [0.25, 0.3) is 5.91 Å². The average Bonchev–Trinajstić information content (AvgIpc) is 2.61. The molecule has 2 rings (SSSR count). The first-order valence-electron chi connectivity index (χ1n) is 7.77. The molecule has 8 heteroatoms. The summed E-state index contributed by atoms with van der Waals surface area (Å²) >= 11 is 7.30. The van der Waals surface area contributed by atoms with Gasteiger partial charge < -0.3 is 4.74 Å². The number of hydrogen-bond donors (Lipinski definition) is 2. The van der Waals surface area contributed by atoms with E-state index in [4.69, 9.17) is 16.3 Å². The van der Waals surface area contributed by atoms with Gasteiger partial charge in [0.05, 0.1) is 5.75 Å². The molecule has 0 saturated carbocycles. The Morgan fingerprint density at radius 2 is 1.92 bits per heavy atom. The lowest BCUT2D eigenvalue weighted by Crippen LogP contribution is -2.47. The molecule has 0 fully saturated rings. The third kappa shape index (κ3) is 6.93. The van der Waals surface area contributed by atoms with Crippen molar-refractivity contribution in [2.75, 3.05) is 5.75 Å². The van der Waals surface area contributed by atoms with E-state index < -0.39 is 17.8 Å². The molecule has 5 nitrogen and oxygen atoms in total. The molecule has 0 aliphatic rings. The van der Waals surface area contributed by atoms with E-state index in [0.717, 1.165) is 5.56 Å². The van der Waals surface area contributed by atoms with E-state index in [1.807, 2.05) is 18.2 Å². The molecule has 0 radical (unpaired) electrons. The monoisotopic (exact) mass is 396 g/mol. The van der Waals surface area contributed by atoms with Crippen molar-refractivity contribution in [3.8, 4) is 5.75 Å². The van der Waals surface area contributed by atoms with Crippen LogP contribution in [-0.2, 0) is 15.3 Å². The van der Waals surface area contributed by atoms with Crippen molar-refractivity contribution in [3.63, 3.8) is 0 Å². The molecule has 26 heavy (non-hydrogen) atoms. The zero-order valence-electron chi connectivity index (χ0n) is 14.0. The zero-order valence-corrected chi connectivity index (χ0v) is 15.6. The van der Waals surface area contributed by atoms with Gasteiger partial charge in [0.2, 0.25) is 5.91 Å². The molecule has 0 heterocycles. The molecule has 2 N–H and O–H groups in total. The summed E-state index contributed by atoms with van der Waals surface area (Å²) in [5, 5.41) is 0.648. The maximum Gasteiger partial charge on any atom is 0.279 e. The minimum Gasteiger partial charge on any atom is -0.481 e. The van der Waals surface area contributed by atoms with Gasteiger partial charge in [0, 0.05) is 10.8 Å². The first-order valence-corrected chi connectivity index (χ1v) is 9.30. The normalized spacial score (nSPS) is 11.5. The van der Waals surface area contributed by atoms with Gasteiger partial charge in [-0.3, -0.25) is 20.4 Å². The second kappa shape index (κ2) is 10.0. The Bertz CT molecular complexity index is 758. The summed E-state index contributed by atoms with van der Waals surface area (Å²) in [6.45, 7) is 1.53. The average molecular weight is 397 g/mol. The molecule has 0 aliphatic carbocycles. The van der Waals surface area contributed by atoms with E-state index >= 15 is 0 Å². The topological polar surface area (TPSA) is 67.4 Å². The summed E-state index contributed by atoms with van der Waals surface area (Å²) < 4.78 is 18.2. The highest BCUT2D eigenvalue weighted by Crippen LogP contribution is 2.16. The van der Waals surface area contributed by atoms with Gasteiger partial charge >= 0.3 is 0 Å². The van der Waals surface area contributed by atoms with Crippen molar-refractivity contribution < 1.29 is 18.7 Å². The van der Waals surface area contributed by atoms with Gasteiger partial charge in [0.1, 0.15) is 11.6 Å². The summed E-state index contributed by atoms with van der Waals surface area (Å²) in [7, 11) is 0. The lowest BCUT2D eigenvalue weighted by Gasteiger charge is -2.15. The number of nitrogens with one attached hydrogen (secondary N) is 2. The minimum atomic E-state index is -0.847. The van der Waals surface area contributed by atoms with Gasteiger partial charge in [-0.25, -0.2) is 4.39 Å².